The van der Waals surface area contributed by atoms with Crippen LogP contribution in [-0.4, -0.2) is 38.1 Å². The minimum absolute atomic E-state index is 0.132. The van der Waals surface area contributed by atoms with E-state index in [2.05, 4.69) is 22.6 Å². The lowest BCUT2D eigenvalue weighted by Crippen LogP contribution is -2.51. The van der Waals surface area contributed by atoms with Gasteiger partial charge in [-0.3, -0.25) is 19.3 Å². The van der Waals surface area contributed by atoms with Gasteiger partial charge in [-0.05, 0) is 69.0 Å². The summed E-state index contributed by atoms with van der Waals surface area (Å²) in [6.45, 7) is 9.30. The third-order valence-corrected chi connectivity index (χ3v) is 7.06. The van der Waals surface area contributed by atoms with Crippen LogP contribution in [0.25, 0.3) is 11.0 Å². The van der Waals surface area contributed by atoms with E-state index >= 15 is 0 Å². The fourth-order valence-corrected chi connectivity index (χ4v) is 4.39. The molecule has 1 aromatic heterocycles. The Balaban J connectivity index is 1.86. The molecule has 0 saturated carbocycles. The molecule has 0 saturated heterocycles. The summed E-state index contributed by atoms with van der Waals surface area (Å²) in [5.74, 6) is -0.802. The SMILES string of the molecule is CCc1ccc(C(C(=O)NC(C)(C)CC)N(C(=O)Cn2nnc3ccccc32)c2cccc(C(C)=O)c2)cc1. The molecule has 4 aromatic rings. The van der Waals surface area contributed by atoms with E-state index in [0.717, 1.165) is 12.0 Å². The van der Waals surface area contributed by atoms with Gasteiger partial charge in [-0.15, -0.1) is 5.10 Å². The van der Waals surface area contributed by atoms with Crippen LogP contribution in [0.1, 0.15) is 68.6 Å². The number of benzene rings is 3. The van der Waals surface area contributed by atoms with Crippen molar-refractivity contribution in [1.29, 1.82) is 0 Å². The number of para-hydroxylation sites is 1. The van der Waals surface area contributed by atoms with Crippen molar-refractivity contribution < 1.29 is 14.4 Å². The van der Waals surface area contributed by atoms with Crippen LogP contribution in [0.15, 0.2) is 72.8 Å². The van der Waals surface area contributed by atoms with Gasteiger partial charge in [0.15, 0.2) is 5.78 Å². The first-order valence-corrected chi connectivity index (χ1v) is 13.3. The summed E-state index contributed by atoms with van der Waals surface area (Å²) in [7, 11) is 0. The topological polar surface area (TPSA) is 97.2 Å². The maximum Gasteiger partial charge on any atom is 0.249 e. The predicted octanol–water partition coefficient (Wildman–Crippen LogP) is 5.28. The molecule has 0 spiro atoms. The Morgan fingerprint density at radius 2 is 1.69 bits per heavy atom. The van der Waals surface area contributed by atoms with Gasteiger partial charge >= 0.3 is 0 Å². The zero-order valence-corrected chi connectivity index (χ0v) is 23.1. The number of Topliss-reactive ketones (excluding diaryl/α,β-unsaturated/α-hetero) is 1. The fraction of sp³-hybridized carbons (Fsp3) is 0.323. The summed E-state index contributed by atoms with van der Waals surface area (Å²) in [4.78, 5) is 41.9. The number of nitrogens with one attached hydrogen (secondary N) is 1. The van der Waals surface area contributed by atoms with Crippen LogP contribution in [0.5, 0.6) is 0 Å². The van der Waals surface area contributed by atoms with E-state index in [9.17, 15) is 14.4 Å². The van der Waals surface area contributed by atoms with Gasteiger partial charge in [-0.2, -0.15) is 0 Å². The van der Waals surface area contributed by atoms with Gasteiger partial charge in [0, 0.05) is 16.8 Å². The number of ketones is 1. The molecule has 0 radical (unpaired) electrons. The summed E-state index contributed by atoms with van der Waals surface area (Å²) in [6.07, 6.45) is 1.56. The molecule has 0 bridgehead atoms. The number of nitrogens with zero attached hydrogens (tertiary/aromatic N) is 4. The number of amides is 2. The third-order valence-electron chi connectivity index (χ3n) is 7.06. The number of aryl methyl sites for hydroxylation is 1. The fourth-order valence-electron chi connectivity index (χ4n) is 4.39. The molecule has 0 aliphatic rings. The lowest BCUT2D eigenvalue weighted by molar-refractivity contribution is -0.128. The van der Waals surface area contributed by atoms with Gasteiger partial charge in [0.25, 0.3) is 0 Å². The Morgan fingerprint density at radius 3 is 2.36 bits per heavy atom. The molecule has 0 aliphatic heterocycles. The second-order valence-corrected chi connectivity index (χ2v) is 10.3. The molecular formula is C31H35N5O3. The minimum Gasteiger partial charge on any atom is -0.349 e. The van der Waals surface area contributed by atoms with Crippen LogP contribution < -0.4 is 10.2 Å². The van der Waals surface area contributed by atoms with Gasteiger partial charge in [0.05, 0.1) is 5.52 Å². The minimum atomic E-state index is -0.980. The van der Waals surface area contributed by atoms with Crippen molar-refractivity contribution >= 4 is 34.3 Å². The highest BCUT2D eigenvalue weighted by Crippen LogP contribution is 2.31. The Hall–Kier alpha value is -4.33. The molecule has 202 valence electrons. The van der Waals surface area contributed by atoms with Gasteiger partial charge < -0.3 is 5.32 Å². The Morgan fingerprint density at radius 1 is 0.974 bits per heavy atom. The van der Waals surface area contributed by atoms with E-state index in [1.807, 2.05) is 69.3 Å². The zero-order valence-electron chi connectivity index (χ0n) is 23.1. The van der Waals surface area contributed by atoms with Crippen LogP contribution in [0.4, 0.5) is 5.69 Å². The Bertz CT molecular complexity index is 1490. The van der Waals surface area contributed by atoms with Crippen molar-refractivity contribution in [3.8, 4) is 0 Å². The normalized spacial score (nSPS) is 12.2. The number of fused-ring (bicyclic) bond motifs is 1. The summed E-state index contributed by atoms with van der Waals surface area (Å²) in [6, 6.07) is 21.0. The zero-order chi connectivity index (χ0) is 28.2. The van der Waals surface area contributed by atoms with E-state index in [0.29, 0.717) is 34.3 Å². The summed E-state index contributed by atoms with van der Waals surface area (Å²) in [5.41, 5.74) is 3.58. The highest BCUT2D eigenvalue weighted by atomic mass is 16.2. The number of carbonyl (C=O) groups is 3. The van der Waals surface area contributed by atoms with Crippen LogP contribution in [0.2, 0.25) is 0 Å². The molecule has 1 N–H and O–H groups in total. The van der Waals surface area contributed by atoms with Crippen LogP contribution in [0, 0.1) is 0 Å². The molecule has 0 aliphatic carbocycles. The lowest BCUT2D eigenvalue weighted by atomic mass is 9.97. The van der Waals surface area contributed by atoms with Gasteiger partial charge in [-0.25, -0.2) is 4.68 Å². The van der Waals surface area contributed by atoms with Crippen molar-refractivity contribution in [1.82, 2.24) is 20.3 Å². The first-order valence-electron chi connectivity index (χ1n) is 13.3. The maximum absolute atomic E-state index is 14.2. The average Bonchev–Trinajstić information content (AvgIpc) is 3.34. The van der Waals surface area contributed by atoms with Crippen molar-refractivity contribution in [2.75, 3.05) is 4.90 Å². The van der Waals surface area contributed by atoms with Crippen molar-refractivity contribution in [2.45, 2.75) is 65.6 Å². The Labute approximate surface area is 229 Å². The lowest BCUT2D eigenvalue weighted by Gasteiger charge is -2.35. The van der Waals surface area contributed by atoms with E-state index in [1.165, 1.54) is 16.5 Å². The molecule has 8 heteroatoms. The van der Waals surface area contributed by atoms with E-state index in [4.69, 9.17) is 0 Å². The number of carbonyl (C=O) groups excluding carboxylic acids is 3. The molecular weight excluding hydrogens is 490 g/mol. The highest BCUT2D eigenvalue weighted by Gasteiger charge is 2.35. The molecule has 3 aromatic carbocycles. The molecule has 8 nitrogen and oxygen atoms in total. The second-order valence-electron chi connectivity index (χ2n) is 10.3. The molecule has 4 rings (SSSR count). The molecule has 1 atom stereocenters. The molecule has 0 fully saturated rings. The average molecular weight is 526 g/mol. The monoisotopic (exact) mass is 525 g/mol. The third kappa shape index (κ3) is 6.22. The molecule has 1 unspecified atom stereocenters. The second kappa shape index (κ2) is 11.6. The standard InChI is InChI=1S/C31H35N5O3/c1-6-22-15-17-23(18-16-22)29(30(39)32-31(4,5)7-2)36(25-12-10-11-24(19-25)21(3)37)28(38)20-35-27-14-9-8-13-26(27)33-34-35/h8-19,29H,6-7,20H2,1-5H3,(H,32,39). The van der Waals surface area contributed by atoms with Gasteiger partial charge in [0.2, 0.25) is 11.8 Å². The number of hydrogen-bond acceptors (Lipinski definition) is 5. The summed E-state index contributed by atoms with van der Waals surface area (Å²) >= 11 is 0. The van der Waals surface area contributed by atoms with Gasteiger partial charge in [-0.1, -0.05) is 67.6 Å². The van der Waals surface area contributed by atoms with E-state index in [-0.39, 0.29) is 24.1 Å². The van der Waals surface area contributed by atoms with E-state index < -0.39 is 11.6 Å². The number of rotatable bonds is 10. The molecule has 39 heavy (non-hydrogen) atoms. The molecule has 1 heterocycles. The first kappa shape index (κ1) is 27.7. The molecule has 2 amide bonds. The highest BCUT2D eigenvalue weighted by molar-refractivity contribution is 6.03. The number of aromatic nitrogens is 3. The quantitative estimate of drug-likeness (QED) is 0.284. The summed E-state index contributed by atoms with van der Waals surface area (Å²) < 4.78 is 1.53. The van der Waals surface area contributed by atoms with Crippen molar-refractivity contribution in [3.05, 3.63) is 89.5 Å². The van der Waals surface area contributed by atoms with Gasteiger partial charge in [0.1, 0.15) is 18.1 Å². The van der Waals surface area contributed by atoms with Crippen LogP contribution in [-0.2, 0) is 22.6 Å². The maximum atomic E-state index is 14.2. The van der Waals surface area contributed by atoms with Crippen molar-refractivity contribution in [2.24, 2.45) is 0 Å². The van der Waals surface area contributed by atoms with Crippen LogP contribution in [0.3, 0.4) is 0 Å². The Kier molecular flexibility index (Phi) is 8.24. The predicted molar refractivity (Wildman–Crippen MR) is 153 cm³/mol. The largest absolute Gasteiger partial charge is 0.349 e. The smallest absolute Gasteiger partial charge is 0.249 e. The van der Waals surface area contributed by atoms with E-state index in [1.54, 1.807) is 24.3 Å². The number of hydrogen-bond donors (Lipinski definition) is 1. The first-order chi connectivity index (χ1) is 18.6. The summed E-state index contributed by atoms with van der Waals surface area (Å²) in [5, 5.41) is 11.5. The van der Waals surface area contributed by atoms with Crippen molar-refractivity contribution in [3.63, 3.8) is 0 Å². The number of anilines is 1. The van der Waals surface area contributed by atoms with Crippen LogP contribution >= 0.6 is 0 Å².